The van der Waals surface area contributed by atoms with E-state index in [1.165, 1.54) is 34.4 Å². The highest BCUT2D eigenvalue weighted by atomic mass is 32.1. The normalized spacial score (nSPS) is 14.6. The SMILES string of the molecule is O=C(c1ccccc1C(F)(F)F)N1CCN(c2ccc(-c3nc4cccnc4s3)nn2)CC1. The van der Waals surface area contributed by atoms with Gasteiger partial charge < -0.3 is 9.80 Å². The largest absolute Gasteiger partial charge is 0.417 e. The first-order chi connectivity index (χ1) is 15.9. The number of pyridine rings is 1. The average Bonchev–Trinajstić information content (AvgIpc) is 3.28. The smallest absolute Gasteiger partial charge is 0.352 e. The second-order valence-corrected chi connectivity index (χ2v) is 8.42. The topological polar surface area (TPSA) is 75.1 Å². The Morgan fingerprint density at radius 3 is 2.42 bits per heavy atom. The Morgan fingerprint density at radius 1 is 0.939 bits per heavy atom. The molecule has 168 valence electrons. The number of halogens is 3. The van der Waals surface area contributed by atoms with Crippen LogP contribution in [0.15, 0.2) is 54.7 Å². The number of carbonyl (C=O) groups is 1. The molecule has 0 N–H and O–H groups in total. The minimum atomic E-state index is -4.58. The molecule has 1 fully saturated rings. The summed E-state index contributed by atoms with van der Waals surface area (Å²) in [6.45, 7) is 1.47. The molecule has 1 saturated heterocycles. The van der Waals surface area contributed by atoms with Crippen LogP contribution in [0.3, 0.4) is 0 Å². The van der Waals surface area contributed by atoms with E-state index < -0.39 is 17.6 Å². The predicted octanol–water partition coefficient (Wildman–Crippen LogP) is 4.13. The van der Waals surface area contributed by atoms with Gasteiger partial charge in [0.25, 0.3) is 5.91 Å². The molecule has 0 atom stereocenters. The zero-order valence-electron chi connectivity index (χ0n) is 17.2. The number of amides is 1. The standard InChI is InChI=1S/C22H17F3N6OS/c23-22(24,25)15-5-2-1-4-14(15)21(32)31-12-10-30(11-13-31)18-8-7-17(28-29-18)20-27-16-6-3-9-26-19(16)33-20/h1-9H,10-13H2. The number of benzene rings is 1. The van der Waals surface area contributed by atoms with Crippen LogP contribution < -0.4 is 4.90 Å². The molecule has 1 amide bonds. The number of hydrogen-bond acceptors (Lipinski definition) is 7. The molecular weight excluding hydrogens is 453 g/mol. The van der Waals surface area contributed by atoms with Crippen molar-refractivity contribution in [1.29, 1.82) is 0 Å². The van der Waals surface area contributed by atoms with E-state index in [2.05, 4.69) is 20.2 Å². The van der Waals surface area contributed by atoms with Gasteiger partial charge in [-0.05, 0) is 36.4 Å². The van der Waals surface area contributed by atoms with Gasteiger partial charge >= 0.3 is 6.18 Å². The molecule has 4 heterocycles. The number of anilines is 1. The van der Waals surface area contributed by atoms with Gasteiger partial charge in [-0.15, -0.1) is 10.2 Å². The monoisotopic (exact) mass is 470 g/mol. The first-order valence-electron chi connectivity index (χ1n) is 10.2. The van der Waals surface area contributed by atoms with E-state index in [0.717, 1.165) is 21.4 Å². The molecular formula is C22H17F3N6OS. The lowest BCUT2D eigenvalue weighted by molar-refractivity contribution is -0.138. The second kappa shape index (κ2) is 8.39. The van der Waals surface area contributed by atoms with Gasteiger partial charge in [-0.1, -0.05) is 23.5 Å². The van der Waals surface area contributed by atoms with Crippen LogP contribution in [0.2, 0.25) is 0 Å². The van der Waals surface area contributed by atoms with Crippen molar-refractivity contribution in [2.75, 3.05) is 31.1 Å². The minimum Gasteiger partial charge on any atom is -0.352 e. The molecule has 3 aromatic heterocycles. The maximum Gasteiger partial charge on any atom is 0.417 e. The van der Waals surface area contributed by atoms with E-state index in [9.17, 15) is 18.0 Å². The summed E-state index contributed by atoms with van der Waals surface area (Å²) < 4.78 is 39.8. The Morgan fingerprint density at radius 2 is 1.73 bits per heavy atom. The van der Waals surface area contributed by atoms with Crippen LogP contribution in [-0.2, 0) is 6.18 Å². The van der Waals surface area contributed by atoms with Crippen molar-refractivity contribution in [3.05, 3.63) is 65.9 Å². The molecule has 0 aliphatic carbocycles. The maximum atomic E-state index is 13.3. The van der Waals surface area contributed by atoms with Crippen LogP contribution in [0.1, 0.15) is 15.9 Å². The minimum absolute atomic E-state index is 0.290. The number of piperazine rings is 1. The van der Waals surface area contributed by atoms with E-state index in [4.69, 9.17) is 0 Å². The lowest BCUT2D eigenvalue weighted by atomic mass is 10.1. The maximum absolute atomic E-state index is 13.3. The first-order valence-corrected chi connectivity index (χ1v) is 11.0. The van der Waals surface area contributed by atoms with Gasteiger partial charge in [-0.2, -0.15) is 13.2 Å². The van der Waals surface area contributed by atoms with Crippen molar-refractivity contribution in [1.82, 2.24) is 25.1 Å². The summed E-state index contributed by atoms with van der Waals surface area (Å²) in [6.07, 6.45) is -2.87. The van der Waals surface area contributed by atoms with Crippen molar-refractivity contribution >= 4 is 33.4 Å². The van der Waals surface area contributed by atoms with Gasteiger partial charge in [-0.3, -0.25) is 4.79 Å². The summed E-state index contributed by atoms with van der Waals surface area (Å²) in [5.74, 6) is 0.0224. The predicted molar refractivity (Wildman–Crippen MR) is 118 cm³/mol. The van der Waals surface area contributed by atoms with Crippen molar-refractivity contribution in [2.24, 2.45) is 0 Å². The van der Waals surface area contributed by atoms with E-state index in [-0.39, 0.29) is 18.7 Å². The van der Waals surface area contributed by atoms with Crippen LogP contribution >= 0.6 is 11.3 Å². The van der Waals surface area contributed by atoms with Gasteiger partial charge in [0.05, 0.1) is 11.1 Å². The molecule has 11 heteroatoms. The van der Waals surface area contributed by atoms with Crippen molar-refractivity contribution in [3.8, 4) is 10.7 Å². The number of alkyl halides is 3. The Hall–Kier alpha value is -3.60. The van der Waals surface area contributed by atoms with Gasteiger partial charge in [0, 0.05) is 32.4 Å². The number of hydrogen-bond donors (Lipinski definition) is 0. The fraction of sp³-hybridized carbons (Fsp3) is 0.227. The quantitative estimate of drug-likeness (QED) is 0.448. The van der Waals surface area contributed by atoms with Gasteiger partial charge in [-0.25, -0.2) is 9.97 Å². The van der Waals surface area contributed by atoms with Crippen molar-refractivity contribution in [3.63, 3.8) is 0 Å². The number of aromatic nitrogens is 4. The molecule has 33 heavy (non-hydrogen) atoms. The van der Waals surface area contributed by atoms with Crippen LogP contribution in [0.4, 0.5) is 19.0 Å². The van der Waals surface area contributed by atoms with Crippen LogP contribution in [0, 0.1) is 0 Å². The zero-order valence-corrected chi connectivity index (χ0v) is 18.0. The molecule has 0 unspecified atom stereocenters. The molecule has 1 aliphatic rings. The third-order valence-corrected chi connectivity index (χ3v) is 6.39. The average molecular weight is 470 g/mol. The Kier molecular flexibility index (Phi) is 5.41. The molecule has 1 aromatic carbocycles. The molecule has 4 aromatic rings. The molecule has 1 aliphatic heterocycles. The van der Waals surface area contributed by atoms with E-state index in [0.29, 0.717) is 24.6 Å². The lowest BCUT2D eigenvalue weighted by Gasteiger charge is -2.35. The van der Waals surface area contributed by atoms with Crippen LogP contribution in [-0.4, -0.2) is 57.2 Å². The Labute approximate surface area is 190 Å². The first kappa shape index (κ1) is 21.3. The Bertz CT molecular complexity index is 1270. The number of rotatable bonds is 3. The Balaban J connectivity index is 1.26. The molecule has 0 saturated carbocycles. The number of nitrogens with zero attached hydrogens (tertiary/aromatic N) is 6. The third kappa shape index (κ3) is 4.23. The highest BCUT2D eigenvalue weighted by Crippen LogP contribution is 2.33. The van der Waals surface area contributed by atoms with Crippen molar-refractivity contribution in [2.45, 2.75) is 6.18 Å². The zero-order chi connectivity index (χ0) is 23.0. The van der Waals surface area contributed by atoms with Crippen molar-refractivity contribution < 1.29 is 18.0 Å². The second-order valence-electron chi connectivity index (χ2n) is 7.45. The summed E-state index contributed by atoms with van der Waals surface area (Å²) in [5.41, 5.74) is 0.201. The third-order valence-electron chi connectivity index (χ3n) is 5.39. The van der Waals surface area contributed by atoms with E-state index in [1.54, 1.807) is 6.20 Å². The number of carbonyl (C=O) groups excluding carboxylic acids is 1. The highest BCUT2D eigenvalue weighted by molar-refractivity contribution is 7.21. The lowest BCUT2D eigenvalue weighted by Crippen LogP contribution is -2.49. The van der Waals surface area contributed by atoms with Crippen LogP contribution in [0.5, 0.6) is 0 Å². The highest BCUT2D eigenvalue weighted by Gasteiger charge is 2.36. The number of thiazole rings is 1. The molecule has 5 rings (SSSR count). The molecule has 7 nitrogen and oxygen atoms in total. The van der Waals surface area contributed by atoms with Gasteiger partial charge in [0.1, 0.15) is 21.0 Å². The summed E-state index contributed by atoms with van der Waals surface area (Å²) >= 11 is 1.43. The molecule has 0 spiro atoms. The fourth-order valence-corrected chi connectivity index (χ4v) is 4.59. The molecule has 0 radical (unpaired) electrons. The van der Waals surface area contributed by atoms with Crippen LogP contribution in [0.25, 0.3) is 21.0 Å². The summed E-state index contributed by atoms with van der Waals surface area (Å²) in [5, 5.41) is 9.30. The van der Waals surface area contributed by atoms with Gasteiger partial charge in [0.15, 0.2) is 5.82 Å². The van der Waals surface area contributed by atoms with E-state index in [1.807, 2.05) is 29.2 Å². The fourth-order valence-electron chi connectivity index (χ4n) is 3.71. The number of fused-ring (bicyclic) bond motifs is 1. The summed E-state index contributed by atoms with van der Waals surface area (Å²) in [7, 11) is 0. The van der Waals surface area contributed by atoms with E-state index >= 15 is 0 Å². The molecule has 0 bridgehead atoms. The summed E-state index contributed by atoms with van der Waals surface area (Å²) in [6, 6.07) is 12.3. The van der Waals surface area contributed by atoms with Gasteiger partial charge in [0.2, 0.25) is 0 Å². The summed E-state index contributed by atoms with van der Waals surface area (Å²) in [4.78, 5) is 25.8.